The molecule has 5 N–H and O–H groups in total. The second kappa shape index (κ2) is 8.63. The molecule has 0 radical (unpaired) electrons. The van der Waals surface area contributed by atoms with Crippen LogP contribution in [0.1, 0.15) is 12.8 Å². The van der Waals surface area contributed by atoms with E-state index >= 15 is 0 Å². The Kier molecular flexibility index (Phi) is 6.75. The lowest BCUT2D eigenvalue weighted by Gasteiger charge is -2.12. The number of nitrogens with two attached hydrogens (primary N) is 2. The van der Waals surface area contributed by atoms with E-state index in [0.29, 0.717) is 25.1 Å². The number of nitriles is 1. The van der Waals surface area contributed by atoms with Gasteiger partial charge < -0.3 is 16.2 Å². The number of aliphatic imine (C=N–C) groups is 1. The van der Waals surface area contributed by atoms with Crippen LogP contribution in [0.15, 0.2) is 35.3 Å². The van der Waals surface area contributed by atoms with Gasteiger partial charge in [-0.25, -0.2) is 0 Å². The zero-order valence-corrected chi connectivity index (χ0v) is 11.0. The summed E-state index contributed by atoms with van der Waals surface area (Å²) in [6.07, 6.45) is 2.65. The van der Waals surface area contributed by atoms with Crippen molar-refractivity contribution in [3.8, 4) is 11.9 Å². The Balaban J connectivity index is 2.62. The van der Waals surface area contributed by atoms with Crippen molar-refractivity contribution in [1.82, 2.24) is 5.32 Å². The van der Waals surface area contributed by atoms with E-state index in [9.17, 15) is 4.79 Å². The van der Waals surface area contributed by atoms with Crippen LogP contribution in [0.2, 0.25) is 0 Å². The van der Waals surface area contributed by atoms with Crippen LogP contribution in [0.3, 0.4) is 0 Å². The fourth-order valence-corrected chi connectivity index (χ4v) is 1.39. The van der Waals surface area contributed by atoms with Crippen molar-refractivity contribution in [2.24, 2.45) is 16.5 Å². The van der Waals surface area contributed by atoms with Gasteiger partial charge in [-0.15, -0.1) is 4.99 Å². The molecule has 0 saturated carbocycles. The van der Waals surface area contributed by atoms with Gasteiger partial charge in [0.15, 0.2) is 0 Å². The minimum Gasteiger partial charge on any atom is -0.425 e. The molecule has 0 aliphatic heterocycles. The van der Waals surface area contributed by atoms with Crippen LogP contribution in [-0.4, -0.2) is 24.5 Å². The maximum Gasteiger partial charge on any atom is 0.312 e. The average molecular weight is 275 g/mol. The Morgan fingerprint density at radius 1 is 1.45 bits per heavy atom. The topological polar surface area (TPSA) is 127 Å². The van der Waals surface area contributed by atoms with Crippen LogP contribution in [-0.2, 0) is 4.79 Å². The van der Waals surface area contributed by atoms with Gasteiger partial charge >= 0.3 is 6.02 Å². The first-order valence-electron chi connectivity index (χ1n) is 6.13. The number of para-hydroxylation sites is 1. The fourth-order valence-electron chi connectivity index (χ4n) is 1.39. The van der Waals surface area contributed by atoms with Crippen molar-refractivity contribution in [2.45, 2.75) is 18.9 Å². The van der Waals surface area contributed by atoms with Crippen LogP contribution in [0.4, 0.5) is 0 Å². The van der Waals surface area contributed by atoms with Gasteiger partial charge in [0.25, 0.3) is 0 Å². The number of hydrogen-bond donors (Lipinski definition) is 3. The first kappa shape index (κ1) is 15.6. The molecule has 0 aliphatic carbocycles. The number of amidine groups is 1. The van der Waals surface area contributed by atoms with Gasteiger partial charge in [-0.05, 0) is 31.5 Å². The summed E-state index contributed by atoms with van der Waals surface area (Å²) in [6.45, 7) is 0.459. The smallest absolute Gasteiger partial charge is 0.312 e. The normalized spacial score (nSPS) is 12.3. The van der Waals surface area contributed by atoms with E-state index in [2.05, 4.69) is 10.3 Å². The van der Waals surface area contributed by atoms with Crippen LogP contribution in [0.5, 0.6) is 5.75 Å². The van der Waals surface area contributed by atoms with Crippen molar-refractivity contribution in [2.75, 3.05) is 6.54 Å². The van der Waals surface area contributed by atoms with Gasteiger partial charge in [0.2, 0.25) is 12.1 Å². The molecule has 1 amide bonds. The molecule has 1 atom stereocenters. The lowest BCUT2D eigenvalue weighted by atomic mass is 10.1. The minimum absolute atomic E-state index is 0.202. The number of ether oxygens (including phenoxy) is 1. The largest absolute Gasteiger partial charge is 0.425 e. The molecule has 1 aromatic rings. The van der Waals surface area contributed by atoms with Gasteiger partial charge in [0.05, 0.1) is 6.04 Å². The number of hydrogen-bond acceptors (Lipinski definition) is 6. The Hall–Kier alpha value is -2.43. The van der Waals surface area contributed by atoms with E-state index < -0.39 is 11.9 Å². The van der Waals surface area contributed by atoms with Crippen LogP contribution >= 0.6 is 0 Å². The zero-order valence-electron chi connectivity index (χ0n) is 11.0. The second-order valence-corrected chi connectivity index (χ2v) is 3.96. The van der Waals surface area contributed by atoms with Gasteiger partial charge in [0, 0.05) is 0 Å². The quantitative estimate of drug-likeness (QED) is 0.398. The Bertz CT molecular complexity index is 495. The SMILES string of the molecule is N#C/N=C(\NC(=O)C(N)CCCN)Oc1ccccc1. The molecule has 1 unspecified atom stereocenters. The first-order valence-corrected chi connectivity index (χ1v) is 6.13. The van der Waals surface area contributed by atoms with E-state index in [1.165, 1.54) is 0 Å². The molecule has 1 aromatic carbocycles. The monoisotopic (exact) mass is 275 g/mol. The summed E-state index contributed by atoms with van der Waals surface area (Å²) in [7, 11) is 0. The highest BCUT2D eigenvalue weighted by Crippen LogP contribution is 2.08. The number of carbonyl (C=O) groups is 1. The highest BCUT2D eigenvalue weighted by molar-refractivity contribution is 5.97. The molecule has 0 aromatic heterocycles. The van der Waals surface area contributed by atoms with E-state index in [4.69, 9.17) is 21.5 Å². The van der Waals surface area contributed by atoms with Crippen molar-refractivity contribution in [3.63, 3.8) is 0 Å². The molecule has 7 nitrogen and oxygen atoms in total. The predicted molar refractivity (Wildman–Crippen MR) is 74.5 cm³/mol. The third-order valence-electron chi connectivity index (χ3n) is 2.40. The molecule has 20 heavy (non-hydrogen) atoms. The molecule has 0 aliphatic rings. The first-order chi connectivity index (χ1) is 9.67. The molecule has 0 spiro atoms. The van der Waals surface area contributed by atoms with Crippen LogP contribution in [0, 0.1) is 11.5 Å². The van der Waals surface area contributed by atoms with Crippen molar-refractivity contribution in [1.29, 1.82) is 5.26 Å². The highest BCUT2D eigenvalue weighted by Gasteiger charge is 2.16. The van der Waals surface area contributed by atoms with Gasteiger partial charge in [0.1, 0.15) is 5.75 Å². The Morgan fingerprint density at radius 2 is 2.15 bits per heavy atom. The summed E-state index contributed by atoms with van der Waals surface area (Å²) < 4.78 is 5.30. The third-order valence-corrected chi connectivity index (χ3v) is 2.40. The van der Waals surface area contributed by atoms with E-state index in [1.807, 2.05) is 6.07 Å². The molecule has 0 fully saturated rings. The molecule has 0 heterocycles. The van der Waals surface area contributed by atoms with E-state index in [0.717, 1.165) is 0 Å². The molecule has 1 rings (SSSR count). The molecular weight excluding hydrogens is 258 g/mol. The minimum atomic E-state index is -0.721. The zero-order chi connectivity index (χ0) is 14.8. The number of nitrogens with zero attached hydrogens (tertiary/aromatic N) is 2. The summed E-state index contributed by atoms with van der Waals surface area (Å²) in [5.74, 6) is -0.0132. The van der Waals surface area contributed by atoms with Gasteiger partial charge in [-0.2, -0.15) is 5.26 Å². The second-order valence-electron chi connectivity index (χ2n) is 3.96. The summed E-state index contributed by atoms with van der Waals surface area (Å²) in [4.78, 5) is 15.2. The molecule has 7 heteroatoms. The average Bonchev–Trinajstić information content (AvgIpc) is 2.46. The lowest BCUT2D eigenvalue weighted by molar-refractivity contribution is -0.121. The van der Waals surface area contributed by atoms with Crippen molar-refractivity contribution in [3.05, 3.63) is 30.3 Å². The summed E-state index contributed by atoms with van der Waals surface area (Å²) in [5.41, 5.74) is 11.0. The molecule has 106 valence electrons. The van der Waals surface area contributed by atoms with Crippen molar-refractivity contribution < 1.29 is 9.53 Å². The summed E-state index contributed by atoms with van der Waals surface area (Å²) >= 11 is 0. The third kappa shape index (κ3) is 5.48. The number of rotatable bonds is 5. The molecular formula is C13H17N5O2. The fraction of sp³-hybridized carbons (Fsp3) is 0.308. The number of carbonyl (C=O) groups excluding carboxylic acids is 1. The lowest BCUT2D eigenvalue weighted by Crippen LogP contribution is -2.45. The van der Waals surface area contributed by atoms with Gasteiger partial charge in [-0.3, -0.25) is 10.1 Å². The predicted octanol–water partition coefficient (Wildman–Crippen LogP) is 0.0849. The van der Waals surface area contributed by atoms with E-state index in [-0.39, 0.29) is 6.02 Å². The maximum absolute atomic E-state index is 11.8. The maximum atomic E-state index is 11.8. The number of amides is 1. The van der Waals surface area contributed by atoms with Crippen LogP contribution in [0.25, 0.3) is 0 Å². The van der Waals surface area contributed by atoms with Crippen LogP contribution < -0.4 is 21.5 Å². The standard InChI is InChI=1S/C13H17N5O2/c14-8-4-7-11(16)12(19)18-13(17-9-15)20-10-5-2-1-3-6-10/h1-3,5-6,11H,4,7-8,14,16H2,(H,17,18,19). The Labute approximate surface area is 117 Å². The molecule has 0 saturated heterocycles. The van der Waals surface area contributed by atoms with Crippen molar-refractivity contribution >= 4 is 11.9 Å². The molecule has 0 bridgehead atoms. The Morgan fingerprint density at radius 3 is 2.75 bits per heavy atom. The summed E-state index contributed by atoms with van der Waals surface area (Å²) in [5, 5.41) is 11.0. The number of nitrogens with one attached hydrogen (secondary N) is 1. The van der Waals surface area contributed by atoms with Gasteiger partial charge in [-0.1, -0.05) is 18.2 Å². The number of benzene rings is 1. The highest BCUT2D eigenvalue weighted by atomic mass is 16.5. The summed E-state index contributed by atoms with van der Waals surface area (Å²) in [6, 6.07) is 7.76. The van der Waals surface area contributed by atoms with E-state index in [1.54, 1.807) is 30.5 Å².